The van der Waals surface area contributed by atoms with Gasteiger partial charge >= 0.3 is 18.3 Å². The van der Waals surface area contributed by atoms with Gasteiger partial charge in [-0.05, 0) is 101 Å². The van der Waals surface area contributed by atoms with E-state index in [9.17, 15) is 35.5 Å². The lowest BCUT2D eigenvalue weighted by Gasteiger charge is -2.31. The molecule has 2 aromatic carbocycles. The van der Waals surface area contributed by atoms with Gasteiger partial charge in [-0.3, -0.25) is 4.79 Å². The summed E-state index contributed by atoms with van der Waals surface area (Å²) in [6, 6.07) is 7.41. The molecule has 2 aliphatic rings. The molecular weight excluding hydrogens is 567 g/mol. The fourth-order valence-corrected chi connectivity index (χ4v) is 6.03. The standard InChI is InChI=1S/C31H36F7NO3/c1-18(22-13-23(30(33,34)35)15-24(14-22)31(36,37)38)41-26-10-7-20(27(26)19-5-8-25(32)9-6-19)16-39-12-11-21(17-39)28(40)42-29(2,3)4/h5-6,8-9,13-15,18,20-21,26-27H,7,10-12,16-17H2,1-4H3/t18-,20+,21?,26+,27+/m1/s1. The van der Waals surface area contributed by atoms with Crippen molar-refractivity contribution in [3.8, 4) is 0 Å². The predicted molar refractivity (Wildman–Crippen MR) is 142 cm³/mol. The van der Waals surface area contributed by atoms with Crippen molar-refractivity contribution in [3.05, 3.63) is 70.5 Å². The largest absolute Gasteiger partial charge is 0.460 e. The lowest BCUT2D eigenvalue weighted by atomic mass is 9.87. The number of halogens is 7. The number of ether oxygens (including phenoxy) is 2. The zero-order valence-corrected chi connectivity index (χ0v) is 24.0. The first-order valence-corrected chi connectivity index (χ1v) is 14.1. The first-order chi connectivity index (χ1) is 19.4. The van der Waals surface area contributed by atoms with Crippen LogP contribution in [0.4, 0.5) is 30.7 Å². The van der Waals surface area contributed by atoms with Crippen LogP contribution in [0.1, 0.15) is 81.2 Å². The molecule has 0 N–H and O–H groups in total. The number of benzene rings is 2. The fraction of sp³-hybridized carbons (Fsp3) is 0.581. The summed E-state index contributed by atoms with van der Waals surface area (Å²) < 4.78 is 106. The van der Waals surface area contributed by atoms with Crippen molar-refractivity contribution in [2.45, 2.75) is 83.0 Å². The highest BCUT2D eigenvalue weighted by Crippen LogP contribution is 2.45. The SMILES string of the molecule is C[C@@H](O[C@H]1CC[C@@H](CN2CCC(C(=O)OC(C)(C)C)C2)[C@@H]1c1ccc(F)cc1)c1cc(C(F)(F)F)cc(C(F)(F)F)c1. The molecule has 0 bridgehead atoms. The molecule has 0 amide bonds. The average Bonchev–Trinajstić information content (AvgIpc) is 3.50. The third-order valence-corrected chi connectivity index (χ3v) is 7.95. The van der Waals surface area contributed by atoms with Crippen molar-refractivity contribution in [2.24, 2.45) is 11.8 Å². The van der Waals surface area contributed by atoms with Crippen LogP contribution in [-0.2, 0) is 26.6 Å². The van der Waals surface area contributed by atoms with E-state index in [0.717, 1.165) is 5.56 Å². The number of hydrogen-bond acceptors (Lipinski definition) is 4. The second kappa shape index (κ2) is 12.1. The number of hydrogen-bond donors (Lipinski definition) is 0. The lowest BCUT2D eigenvalue weighted by molar-refractivity contribution is -0.159. The minimum absolute atomic E-state index is 0.0114. The molecule has 2 fully saturated rings. The molecular formula is C31H36F7NO3. The van der Waals surface area contributed by atoms with Gasteiger partial charge in [0.25, 0.3) is 0 Å². The Balaban J connectivity index is 1.54. The molecule has 11 heteroatoms. The van der Waals surface area contributed by atoms with Crippen LogP contribution in [0.2, 0.25) is 0 Å². The van der Waals surface area contributed by atoms with Crippen LogP contribution >= 0.6 is 0 Å². The van der Waals surface area contributed by atoms with Crippen molar-refractivity contribution < 1.29 is 45.0 Å². The Kier molecular flexibility index (Phi) is 9.33. The number of nitrogens with zero attached hydrogens (tertiary/aromatic N) is 1. The Morgan fingerprint density at radius 3 is 2.07 bits per heavy atom. The smallest absolute Gasteiger partial charge is 0.416 e. The van der Waals surface area contributed by atoms with Gasteiger partial charge in [0.1, 0.15) is 11.4 Å². The summed E-state index contributed by atoms with van der Waals surface area (Å²) >= 11 is 0. The maximum absolute atomic E-state index is 13.8. The Labute approximate surface area is 241 Å². The highest BCUT2D eigenvalue weighted by Gasteiger charge is 2.42. The van der Waals surface area contributed by atoms with E-state index in [1.807, 2.05) is 20.8 Å². The highest BCUT2D eigenvalue weighted by molar-refractivity contribution is 5.73. The Hall–Kier alpha value is -2.66. The van der Waals surface area contributed by atoms with Gasteiger partial charge in [0, 0.05) is 19.0 Å². The summed E-state index contributed by atoms with van der Waals surface area (Å²) in [5.74, 6) is -1.20. The van der Waals surface area contributed by atoms with Gasteiger partial charge in [0.15, 0.2) is 0 Å². The summed E-state index contributed by atoms with van der Waals surface area (Å²) in [6.45, 7) is 8.69. The molecule has 0 aromatic heterocycles. The molecule has 0 spiro atoms. The maximum atomic E-state index is 13.8. The van der Waals surface area contributed by atoms with Gasteiger partial charge < -0.3 is 14.4 Å². The summed E-state index contributed by atoms with van der Waals surface area (Å²) in [7, 11) is 0. The average molecular weight is 604 g/mol. The summed E-state index contributed by atoms with van der Waals surface area (Å²) in [5.41, 5.74) is -2.82. The van der Waals surface area contributed by atoms with E-state index >= 15 is 0 Å². The molecule has 1 unspecified atom stereocenters. The molecule has 2 aromatic rings. The molecule has 232 valence electrons. The maximum Gasteiger partial charge on any atom is 0.416 e. The van der Waals surface area contributed by atoms with E-state index in [1.165, 1.54) is 19.1 Å². The molecule has 1 heterocycles. The molecule has 1 saturated carbocycles. The molecule has 1 aliphatic heterocycles. The van der Waals surface area contributed by atoms with Gasteiger partial charge in [-0.1, -0.05) is 12.1 Å². The summed E-state index contributed by atoms with van der Waals surface area (Å²) in [6.07, 6.45) is -9.66. The monoisotopic (exact) mass is 603 g/mol. The molecule has 4 nitrogen and oxygen atoms in total. The van der Waals surface area contributed by atoms with Crippen LogP contribution < -0.4 is 0 Å². The van der Waals surface area contributed by atoms with Crippen LogP contribution in [0, 0.1) is 17.7 Å². The lowest BCUT2D eigenvalue weighted by Crippen LogP contribution is -2.33. The summed E-state index contributed by atoms with van der Waals surface area (Å²) in [5, 5.41) is 0. The molecule has 0 radical (unpaired) electrons. The highest BCUT2D eigenvalue weighted by atomic mass is 19.4. The van der Waals surface area contributed by atoms with Gasteiger partial charge in [-0.2, -0.15) is 26.3 Å². The summed E-state index contributed by atoms with van der Waals surface area (Å²) in [4.78, 5) is 14.8. The van der Waals surface area contributed by atoms with Crippen molar-refractivity contribution in [1.82, 2.24) is 4.90 Å². The Morgan fingerprint density at radius 1 is 0.929 bits per heavy atom. The molecule has 1 aliphatic carbocycles. The van der Waals surface area contributed by atoms with E-state index in [4.69, 9.17) is 9.47 Å². The van der Waals surface area contributed by atoms with Crippen molar-refractivity contribution in [1.29, 1.82) is 0 Å². The number of likely N-dealkylation sites (tertiary alicyclic amines) is 1. The van der Waals surface area contributed by atoms with E-state index in [1.54, 1.807) is 12.1 Å². The van der Waals surface area contributed by atoms with Crippen LogP contribution in [0.25, 0.3) is 0 Å². The number of esters is 1. The Morgan fingerprint density at radius 2 is 1.52 bits per heavy atom. The van der Waals surface area contributed by atoms with Crippen molar-refractivity contribution >= 4 is 5.97 Å². The predicted octanol–water partition coefficient (Wildman–Crippen LogP) is 8.17. The fourth-order valence-electron chi connectivity index (χ4n) is 6.03. The van der Waals surface area contributed by atoms with Gasteiger partial charge in [0.05, 0.1) is 29.3 Å². The zero-order chi connectivity index (χ0) is 31.0. The van der Waals surface area contributed by atoms with E-state index in [2.05, 4.69) is 4.90 Å². The number of alkyl halides is 6. The van der Waals surface area contributed by atoms with E-state index in [0.29, 0.717) is 51.0 Å². The first-order valence-electron chi connectivity index (χ1n) is 14.1. The number of carbonyl (C=O) groups excluding carboxylic acids is 1. The van der Waals surface area contributed by atoms with E-state index < -0.39 is 47.1 Å². The topological polar surface area (TPSA) is 38.8 Å². The molecule has 1 saturated heterocycles. The van der Waals surface area contributed by atoms with Crippen LogP contribution in [0.15, 0.2) is 42.5 Å². The zero-order valence-electron chi connectivity index (χ0n) is 24.0. The Bertz CT molecular complexity index is 1200. The minimum atomic E-state index is -4.96. The van der Waals surface area contributed by atoms with Crippen molar-refractivity contribution in [3.63, 3.8) is 0 Å². The van der Waals surface area contributed by atoms with Gasteiger partial charge in [-0.15, -0.1) is 0 Å². The first kappa shape index (κ1) is 32.3. The quantitative estimate of drug-likeness (QED) is 0.237. The number of rotatable bonds is 7. The van der Waals surface area contributed by atoms with Gasteiger partial charge in [-0.25, -0.2) is 4.39 Å². The normalized spacial score (nSPS) is 24.6. The van der Waals surface area contributed by atoms with Crippen LogP contribution in [0.3, 0.4) is 0 Å². The van der Waals surface area contributed by atoms with Crippen molar-refractivity contribution in [2.75, 3.05) is 19.6 Å². The molecule has 42 heavy (non-hydrogen) atoms. The minimum Gasteiger partial charge on any atom is -0.460 e. The molecule has 4 rings (SSSR count). The number of carbonyl (C=O) groups is 1. The second-order valence-electron chi connectivity index (χ2n) is 12.3. The van der Waals surface area contributed by atoms with Crippen LogP contribution in [-0.4, -0.2) is 42.2 Å². The third kappa shape index (κ3) is 8.03. The second-order valence-corrected chi connectivity index (χ2v) is 12.3. The van der Waals surface area contributed by atoms with E-state index in [-0.39, 0.29) is 35.4 Å². The van der Waals surface area contributed by atoms with Crippen LogP contribution in [0.5, 0.6) is 0 Å². The molecule has 5 atom stereocenters. The third-order valence-electron chi connectivity index (χ3n) is 7.95. The van der Waals surface area contributed by atoms with Gasteiger partial charge in [0.2, 0.25) is 0 Å².